The Kier molecular flexibility index (Phi) is 3.56. The quantitative estimate of drug-likeness (QED) is 0.806. The SMILES string of the molecule is Cc1cc(O)ccc1NC(=O)c1cccc(C)c1C. The van der Waals surface area contributed by atoms with Gasteiger partial charge in [-0.2, -0.15) is 0 Å². The molecule has 3 heteroatoms. The number of phenols is 1. The second-order valence-electron chi connectivity index (χ2n) is 4.70. The molecule has 19 heavy (non-hydrogen) atoms. The van der Waals surface area contributed by atoms with E-state index in [4.69, 9.17) is 0 Å². The predicted octanol–water partition coefficient (Wildman–Crippen LogP) is 3.57. The average molecular weight is 255 g/mol. The summed E-state index contributed by atoms with van der Waals surface area (Å²) in [6.45, 7) is 5.77. The van der Waals surface area contributed by atoms with Gasteiger partial charge in [0.05, 0.1) is 0 Å². The largest absolute Gasteiger partial charge is 0.508 e. The molecule has 1 amide bonds. The van der Waals surface area contributed by atoms with Crippen molar-refractivity contribution in [2.45, 2.75) is 20.8 Å². The van der Waals surface area contributed by atoms with Crippen LogP contribution in [0, 0.1) is 20.8 Å². The summed E-state index contributed by atoms with van der Waals surface area (Å²) in [5.74, 6) is 0.0669. The van der Waals surface area contributed by atoms with Gasteiger partial charge in [0.1, 0.15) is 5.75 Å². The van der Waals surface area contributed by atoms with Crippen molar-refractivity contribution in [3.63, 3.8) is 0 Å². The van der Waals surface area contributed by atoms with Crippen molar-refractivity contribution in [2.24, 2.45) is 0 Å². The molecule has 0 spiro atoms. The number of nitrogens with one attached hydrogen (secondary N) is 1. The van der Waals surface area contributed by atoms with Gasteiger partial charge in [-0.15, -0.1) is 0 Å². The first-order chi connectivity index (χ1) is 8.99. The zero-order valence-corrected chi connectivity index (χ0v) is 11.3. The van der Waals surface area contributed by atoms with Crippen LogP contribution in [0.15, 0.2) is 36.4 Å². The number of phenolic OH excluding ortho intramolecular Hbond substituents is 1. The van der Waals surface area contributed by atoms with E-state index >= 15 is 0 Å². The highest BCUT2D eigenvalue weighted by Gasteiger charge is 2.11. The second kappa shape index (κ2) is 5.14. The molecule has 2 aromatic rings. The number of carbonyl (C=O) groups excluding carboxylic acids is 1. The molecule has 0 aliphatic rings. The summed E-state index contributed by atoms with van der Waals surface area (Å²) in [5, 5.41) is 12.2. The monoisotopic (exact) mass is 255 g/mol. The Hall–Kier alpha value is -2.29. The van der Waals surface area contributed by atoms with Crippen LogP contribution in [0.2, 0.25) is 0 Å². The highest BCUT2D eigenvalue weighted by Crippen LogP contribution is 2.21. The maximum Gasteiger partial charge on any atom is 0.255 e. The van der Waals surface area contributed by atoms with Gasteiger partial charge in [0.2, 0.25) is 0 Å². The third kappa shape index (κ3) is 2.76. The summed E-state index contributed by atoms with van der Waals surface area (Å²) in [5.41, 5.74) is 4.29. The van der Waals surface area contributed by atoms with Crippen molar-refractivity contribution in [3.8, 4) is 5.75 Å². The van der Waals surface area contributed by atoms with Crippen molar-refractivity contribution in [1.82, 2.24) is 0 Å². The molecule has 2 N–H and O–H groups in total. The fraction of sp³-hybridized carbons (Fsp3) is 0.188. The van der Waals surface area contributed by atoms with Gasteiger partial charge < -0.3 is 10.4 Å². The summed E-state index contributed by atoms with van der Waals surface area (Å²) < 4.78 is 0. The van der Waals surface area contributed by atoms with Crippen molar-refractivity contribution in [3.05, 3.63) is 58.7 Å². The van der Waals surface area contributed by atoms with Crippen LogP contribution < -0.4 is 5.32 Å². The number of rotatable bonds is 2. The molecule has 0 saturated carbocycles. The van der Waals surface area contributed by atoms with Gasteiger partial charge in [-0.1, -0.05) is 12.1 Å². The number of amides is 1. The molecule has 0 aliphatic carbocycles. The maximum atomic E-state index is 12.3. The molecule has 0 atom stereocenters. The number of hydrogen-bond acceptors (Lipinski definition) is 2. The fourth-order valence-corrected chi connectivity index (χ4v) is 1.97. The predicted molar refractivity (Wildman–Crippen MR) is 76.7 cm³/mol. The minimum atomic E-state index is -0.130. The van der Waals surface area contributed by atoms with Gasteiger partial charge in [-0.25, -0.2) is 0 Å². The number of benzene rings is 2. The Bertz CT molecular complexity index is 633. The van der Waals surface area contributed by atoms with Crippen LogP contribution >= 0.6 is 0 Å². The molecular weight excluding hydrogens is 238 g/mol. The maximum absolute atomic E-state index is 12.3. The molecule has 98 valence electrons. The lowest BCUT2D eigenvalue weighted by Gasteiger charge is -2.11. The van der Waals surface area contributed by atoms with Crippen molar-refractivity contribution >= 4 is 11.6 Å². The summed E-state index contributed by atoms with van der Waals surface area (Å²) in [4.78, 5) is 12.3. The molecule has 2 aromatic carbocycles. The van der Waals surface area contributed by atoms with E-state index in [-0.39, 0.29) is 11.7 Å². The van der Waals surface area contributed by atoms with Crippen LogP contribution in [-0.2, 0) is 0 Å². The van der Waals surface area contributed by atoms with E-state index in [1.165, 1.54) is 0 Å². The van der Waals surface area contributed by atoms with Crippen LogP contribution in [-0.4, -0.2) is 11.0 Å². The van der Waals surface area contributed by atoms with E-state index in [1.54, 1.807) is 18.2 Å². The van der Waals surface area contributed by atoms with Crippen molar-refractivity contribution < 1.29 is 9.90 Å². The van der Waals surface area contributed by atoms with Crippen LogP contribution in [0.5, 0.6) is 5.75 Å². The molecule has 0 fully saturated rings. The first-order valence-electron chi connectivity index (χ1n) is 6.16. The third-order valence-electron chi connectivity index (χ3n) is 3.31. The van der Waals surface area contributed by atoms with Crippen LogP contribution in [0.4, 0.5) is 5.69 Å². The van der Waals surface area contributed by atoms with Gasteiger partial charge in [0.15, 0.2) is 0 Å². The van der Waals surface area contributed by atoms with Crippen LogP contribution in [0.3, 0.4) is 0 Å². The van der Waals surface area contributed by atoms with Crippen molar-refractivity contribution in [1.29, 1.82) is 0 Å². The Balaban J connectivity index is 2.28. The molecular formula is C16H17NO2. The van der Waals surface area contributed by atoms with Gasteiger partial charge in [-0.05, 0) is 61.7 Å². The van der Waals surface area contributed by atoms with Gasteiger partial charge in [0.25, 0.3) is 5.91 Å². The molecule has 0 unspecified atom stereocenters. The zero-order chi connectivity index (χ0) is 14.0. The van der Waals surface area contributed by atoms with E-state index in [0.717, 1.165) is 16.7 Å². The van der Waals surface area contributed by atoms with E-state index < -0.39 is 0 Å². The Morgan fingerprint density at radius 3 is 2.47 bits per heavy atom. The molecule has 0 bridgehead atoms. The summed E-state index contributed by atoms with van der Waals surface area (Å²) >= 11 is 0. The molecule has 0 aromatic heterocycles. The normalized spacial score (nSPS) is 10.3. The van der Waals surface area contributed by atoms with Gasteiger partial charge in [0, 0.05) is 11.3 Å². The zero-order valence-electron chi connectivity index (χ0n) is 11.3. The molecule has 3 nitrogen and oxygen atoms in total. The second-order valence-corrected chi connectivity index (χ2v) is 4.70. The van der Waals surface area contributed by atoms with Crippen LogP contribution in [0.25, 0.3) is 0 Å². The topological polar surface area (TPSA) is 49.3 Å². The molecule has 0 heterocycles. The number of carbonyl (C=O) groups is 1. The smallest absolute Gasteiger partial charge is 0.255 e. The Labute approximate surface area is 112 Å². The lowest BCUT2D eigenvalue weighted by atomic mass is 10.0. The molecule has 0 aliphatic heterocycles. The third-order valence-corrected chi connectivity index (χ3v) is 3.31. The lowest BCUT2D eigenvalue weighted by Crippen LogP contribution is -2.14. The fourth-order valence-electron chi connectivity index (χ4n) is 1.97. The minimum absolute atomic E-state index is 0.130. The van der Waals surface area contributed by atoms with Crippen molar-refractivity contribution in [2.75, 3.05) is 5.32 Å². The molecule has 0 saturated heterocycles. The highest BCUT2D eigenvalue weighted by atomic mass is 16.3. The minimum Gasteiger partial charge on any atom is -0.508 e. The Morgan fingerprint density at radius 1 is 1.05 bits per heavy atom. The van der Waals surface area contributed by atoms with Gasteiger partial charge >= 0.3 is 0 Å². The number of anilines is 1. The summed E-state index contributed by atoms with van der Waals surface area (Å²) in [6, 6.07) is 10.6. The van der Waals surface area contributed by atoms with E-state index in [1.807, 2.05) is 39.0 Å². The van der Waals surface area contributed by atoms with E-state index in [2.05, 4.69) is 5.32 Å². The number of hydrogen-bond donors (Lipinski definition) is 2. The average Bonchev–Trinajstić information content (AvgIpc) is 2.36. The molecule has 2 rings (SSSR count). The summed E-state index contributed by atoms with van der Waals surface area (Å²) in [6.07, 6.45) is 0. The number of aryl methyl sites for hydroxylation is 2. The van der Waals surface area contributed by atoms with Crippen LogP contribution in [0.1, 0.15) is 27.0 Å². The first-order valence-corrected chi connectivity index (χ1v) is 6.16. The summed E-state index contributed by atoms with van der Waals surface area (Å²) in [7, 11) is 0. The standard InChI is InChI=1S/C16H17NO2/c1-10-5-4-6-14(12(10)3)16(19)17-15-8-7-13(18)9-11(15)2/h4-9,18H,1-3H3,(H,17,19). The Morgan fingerprint density at radius 2 is 1.79 bits per heavy atom. The number of aromatic hydroxyl groups is 1. The molecule has 0 radical (unpaired) electrons. The lowest BCUT2D eigenvalue weighted by molar-refractivity contribution is 0.102. The highest BCUT2D eigenvalue weighted by molar-refractivity contribution is 6.05. The van der Waals surface area contributed by atoms with E-state index in [9.17, 15) is 9.90 Å². The first kappa shape index (κ1) is 13.1. The van der Waals surface area contributed by atoms with Gasteiger partial charge in [-0.3, -0.25) is 4.79 Å². The van der Waals surface area contributed by atoms with E-state index in [0.29, 0.717) is 11.3 Å².